The number of carbonyl (C=O) groups is 2. The predicted molar refractivity (Wildman–Crippen MR) is 158 cm³/mol. The summed E-state index contributed by atoms with van der Waals surface area (Å²) in [7, 11) is 0. The Bertz CT molecular complexity index is 1490. The first-order valence-electron chi connectivity index (χ1n) is 13.9. The van der Waals surface area contributed by atoms with Crippen LogP contribution >= 0.6 is 11.3 Å². The largest absolute Gasteiger partial charge is 0.339 e. The Balaban J connectivity index is 1.09. The van der Waals surface area contributed by atoms with Crippen molar-refractivity contribution in [2.45, 2.75) is 38.8 Å². The van der Waals surface area contributed by atoms with Gasteiger partial charge in [0, 0.05) is 55.6 Å². The maximum atomic E-state index is 13.4. The second-order valence-electron chi connectivity index (χ2n) is 10.9. The highest BCUT2D eigenvalue weighted by atomic mass is 32.1. The van der Waals surface area contributed by atoms with Crippen LogP contribution < -0.4 is 0 Å². The lowest BCUT2D eigenvalue weighted by Crippen LogP contribution is -2.55. The molecule has 4 aromatic rings. The molecule has 0 saturated carbocycles. The SMILES string of the molecule is Cc1ccc([C@H]2c3ccsc3CCN2CCC(=O)N2CCN(C(=O)c3ccc4ccccc4c3)[C@@H](C)C2)cc1. The van der Waals surface area contributed by atoms with Crippen molar-refractivity contribution >= 4 is 33.9 Å². The van der Waals surface area contributed by atoms with Crippen LogP contribution in [0.1, 0.15) is 51.3 Å². The average molecular weight is 538 g/mol. The van der Waals surface area contributed by atoms with Gasteiger partial charge in [0.15, 0.2) is 0 Å². The molecular formula is C33H35N3O2S. The summed E-state index contributed by atoms with van der Waals surface area (Å²) in [5.41, 5.74) is 4.65. The molecule has 39 heavy (non-hydrogen) atoms. The van der Waals surface area contributed by atoms with Gasteiger partial charge < -0.3 is 9.80 Å². The Morgan fingerprint density at radius 2 is 1.72 bits per heavy atom. The average Bonchev–Trinajstić information content (AvgIpc) is 3.44. The third-order valence-corrected chi connectivity index (χ3v) is 9.31. The third-order valence-electron chi connectivity index (χ3n) is 8.31. The fraction of sp³-hybridized carbons (Fsp3) is 0.333. The van der Waals surface area contributed by atoms with Gasteiger partial charge in [-0.3, -0.25) is 14.5 Å². The van der Waals surface area contributed by atoms with Crippen LogP contribution in [0.4, 0.5) is 0 Å². The first-order chi connectivity index (χ1) is 19.0. The van der Waals surface area contributed by atoms with Crippen molar-refractivity contribution in [3.63, 3.8) is 0 Å². The predicted octanol–water partition coefficient (Wildman–Crippen LogP) is 5.92. The lowest BCUT2D eigenvalue weighted by Gasteiger charge is -2.41. The molecule has 1 fully saturated rings. The number of hydrogen-bond acceptors (Lipinski definition) is 4. The summed E-state index contributed by atoms with van der Waals surface area (Å²) in [4.78, 5) is 34.5. The maximum absolute atomic E-state index is 13.4. The molecule has 2 atom stereocenters. The Hall–Kier alpha value is -3.48. The molecule has 1 aromatic heterocycles. The highest BCUT2D eigenvalue weighted by molar-refractivity contribution is 7.10. The summed E-state index contributed by atoms with van der Waals surface area (Å²) in [6.07, 6.45) is 1.53. The molecule has 6 rings (SSSR count). The highest BCUT2D eigenvalue weighted by Gasteiger charge is 2.33. The monoisotopic (exact) mass is 537 g/mol. The van der Waals surface area contributed by atoms with E-state index >= 15 is 0 Å². The molecule has 1 saturated heterocycles. The van der Waals surface area contributed by atoms with Crippen molar-refractivity contribution in [2.75, 3.05) is 32.7 Å². The van der Waals surface area contributed by atoms with Crippen LogP contribution in [0, 0.1) is 6.92 Å². The number of hydrogen-bond donors (Lipinski definition) is 0. The standard InChI is InChI=1S/C33H35N3O2S/c1-23-7-9-26(10-8-23)32-29-15-20-39-30(29)13-16-34(32)17-14-31(37)35-18-19-36(24(2)22-35)33(38)28-12-11-25-5-3-4-6-27(25)21-28/h3-12,15,20-21,24,32H,13-14,16-19,22H2,1-2H3/t24-,32-/m0/s1. The summed E-state index contributed by atoms with van der Waals surface area (Å²) < 4.78 is 0. The van der Waals surface area contributed by atoms with E-state index in [4.69, 9.17) is 0 Å². The summed E-state index contributed by atoms with van der Waals surface area (Å²) in [5.74, 6) is 0.222. The molecule has 0 aliphatic carbocycles. The Kier molecular flexibility index (Phi) is 7.24. The summed E-state index contributed by atoms with van der Waals surface area (Å²) in [6.45, 7) is 7.59. The van der Waals surface area contributed by atoms with E-state index < -0.39 is 0 Å². The fourth-order valence-corrected chi connectivity index (χ4v) is 7.02. The summed E-state index contributed by atoms with van der Waals surface area (Å²) in [6, 6.07) is 25.3. The number of thiophene rings is 1. The van der Waals surface area contributed by atoms with E-state index in [9.17, 15) is 9.59 Å². The highest BCUT2D eigenvalue weighted by Crippen LogP contribution is 2.38. The van der Waals surface area contributed by atoms with Gasteiger partial charge in [0.05, 0.1) is 6.04 Å². The molecular weight excluding hydrogens is 502 g/mol. The fourth-order valence-electron chi connectivity index (χ4n) is 6.12. The zero-order chi connectivity index (χ0) is 26.9. The minimum absolute atomic E-state index is 0.0228. The van der Waals surface area contributed by atoms with E-state index in [1.807, 2.05) is 57.5 Å². The number of piperazine rings is 1. The number of rotatable bonds is 5. The zero-order valence-corrected chi connectivity index (χ0v) is 23.5. The Morgan fingerprint density at radius 3 is 2.51 bits per heavy atom. The van der Waals surface area contributed by atoms with Crippen molar-refractivity contribution in [1.29, 1.82) is 0 Å². The van der Waals surface area contributed by atoms with Crippen LogP contribution in [0.2, 0.25) is 0 Å². The normalized spacial score (nSPS) is 19.7. The molecule has 0 N–H and O–H groups in total. The van der Waals surface area contributed by atoms with Gasteiger partial charge in [0.1, 0.15) is 0 Å². The van der Waals surface area contributed by atoms with Gasteiger partial charge in [-0.2, -0.15) is 0 Å². The number of carbonyl (C=O) groups excluding carboxylic acids is 2. The maximum Gasteiger partial charge on any atom is 0.254 e. The van der Waals surface area contributed by atoms with E-state index in [-0.39, 0.29) is 23.9 Å². The van der Waals surface area contributed by atoms with Crippen LogP contribution in [-0.2, 0) is 11.2 Å². The zero-order valence-electron chi connectivity index (χ0n) is 22.7. The summed E-state index contributed by atoms with van der Waals surface area (Å²) >= 11 is 1.84. The van der Waals surface area contributed by atoms with Crippen LogP contribution in [0.3, 0.4) is 0 Å². The lowest BCUT2D eigenvalue weighted by molar-refractivity contribution is -0.134. The van der Waals surface area contributed by atoms with Crippen LogP contribution in [0.25, 0.3) is 10.8 Å². The van der Waals surface area contributed by atoms with E-state index in [1.54, 1.807) is 0 Å². The molecule has 2 aliphatic heterocycles. The van der Waals surface area contributed by atoms with E-state index in [2.05, 4.69) is 60.5 Å². The number of nitrogens with zero attached hydrogens (tertiary/aromatic N) is 3. The lowest BCUT2D eigenvalue weighted by atomic mass is 9.92. The minimum atomic E-state index is -0.0228. The molecule has 0 radical (unpaired) electrons. The van der Waals surface area contributed by atoms with Gasteiger partial charge in [-0.1, -0.05) is 60.2 Å². The van der Waals surface area contributed by atoms with E-state index in [0.717, 1.165) is 30.3 Å². The van der Waals surface area contributed by atoms with Gasteiger partial charge in [-0.15, -0.1) is 11.3 Å². The first-order valence-corrected chi connectivity index (χ1v) is 14.8. The number of fused-ring (bicyclic) bond motifs is 2. The van der Waals surface area contributed by atoms with E-state index in [0.29, 0.717) is 31.6 Å². The molecule has 3 aromatic carbocycles. The van der Waals surface area contributed by atoms with Crippen LogP contribution in [0.15, 0.2) is 78.2 Å². The number of aryl methyl sites for hydroxylation is 1. The quantitative estimate of drug-likeness (QED) is 0.317. The van der Waals surface area contributed by atoms with Crippen molar-refractivity contribution in [3.05, 3.63) is 105 Å². The molecule has 200 valence electrons. The molecule has 3 heterocycles. The van der Waals surface area contributed by atoms with Crippen molar-refractivity contribution < 1.29 is 9.59 Å². The molecule has 0 bridgehead atoms. The molecule has 0 unspecified atom stereocenters. The number of benzene rings is 3. The number of amides is 2. The van der Waals surface area contributed by atoms with Crippen LogP contribution in [0.5, 0.6) is 0 Å². The minimum Gasteiger partial charge on any atom is -0.339 e. The molecule has 2 aliphatic rings. The van der Waals surface area contributed by atoms with Crippen molar-refractivity contribution in [3.8, 4) is 0 Å². The smallest absolute Gasteiger partial charge is 0.254 e. The summed E-state index contributed by atoms with van der Waals surface area (Å²) in [5, 5.41) is 4.40. The van der Waals surface area contributed by atoms with Gasteiger partial charge in [-0.25, -0.2) is 0 Å². The van der Waals surface area contributed by atoms with E-state index in [1.165, 1.54) is 21.6 Å². The van der Waals surface area contributed by atoms with Gasteiger partial charge in [0.25, 0.3) is 5.91 Å². The van der Waals surface area contributed by atoms with Crippen LogP contribution in [-0.4, -0.2) is 65.3 Å². The van der Waals surface area contributed by atoms with Crippen molar-refractivity contribution in [1.82, 2.24) is 14.7 Å². The molecule has 2 amide bonds. The van der Waals surface area contributed by atoms with Gasteiger partial charge in [0.2, 0.25) is 5.91 Å². The molecule has 5 nitrogen and oxygen atoms in total. The second-order valence-corrected chi connectivity index (χ2v) is 11.9. The Labute approximate surface area is 234 Å². The third kappa shape index (κ3) is 5.23. The Morgan fingerprint density at radius 1 is 0.923 bits per heavy atom. The second kappa shape index (κ2) is 10.9. The van der Waals surface area contributed by atoms with Gasteiger partial charge >= 0.3 is 0 Å². The molecule has 0 spiro atoms. The van der Waals surface area contributed by atoms with Crippen molar-refractivity contribution in [2.24, 2.45) is 0 Å². The molecule has 6 heteroatoms. The van der Waals surface area contributed by atoms with Gasteiger partial charge in [-0.05, 0) is 65.7 Å². The first kappa shape index (κ1) is 25.8. The topological polar surface area (TPSA) is 43.9 Å².